The van der Waals surface area contributed by atoms with Crippen LogP contribution in [0.1, 0.15) is 12.8 Å². The summed E-state index contributed by atoms with van der Waals surface area (Å²) >= 11 is 0. The standard InChI is InChI=1S/C7H9N3O/c11-5-6-2-4-10-7(9-6)1-3-8-10/h3,5,7H,1-2,4H2. The van der Waals surface area contributed by atoms with Gasteiger partial charge in [0.25, 0.3) is 0 Å². The normalized spacial score (nSPS) is 28.2. The van der Waals surface area contributed by atoms with Gasteiger partial charge in [0.2, 0.25) is 0 Å². The molecule has 0 saturated carbocycles. The molecule has 0 amide bonds. The predicted molar refractivity (Wildman–Crippen MR) is 41.7 cm³/mol. The van der Waals surface area contributed by atoms with Gasteiger partial charge < -0.3 is 0 Å². The van der Waals surface area contributed by atoms with E-state index in [1.54, 1.807) is 0 Å². The fraction of sp³-hybridized carbons (Fsp3) is 0.571. The largest absolute Gasteiger partial charge is 0.297 e. The highest BCUT2D eigenvalue weighted by Gasteiger charge is 2.24. The van der Waals surface area contributed by atoms with E-state index in [1.165, 1.54) is 0 Å². The first-order valence-electron chi connectivity index (χ1n) is 3.71. The monoisotopic (exact) mass is 151 g/mol. The number of hydrazone groups is 1. The van der Waals surface area contributed by atoms with Gasteiger partial charge in [-0.1, -0.05) is 0 Å². The maximum absolute atomic E-state index is 10.4. The van der Waals surface area contributed by atoms with E-state index in [-0.39, 0.29) is 6.17 Å². The SMILES string of the molecule is O=CC1=NC2CC=NN2CC1. The number of aliphatic imine (C=N–C) groups is 1. The van der Waals surface area contributed by atoms with Gasteiger partial charge in [-0.3, -0.25) is 14.8 Å². The molecule has 2 aliphatic heterocycles. The van der Waals surface area contributed by atoms with E-state index < -0.39 is 0 Å². The molecule has 0 aromatic heterocycles. The second-order valence-electron chi connectivity index (χ2n) is 2.67. The van der Waals surface area contributed by atoms with E-state index in [1.807, 2.05) is 11.2 Å². The Bertz CT molecular complexity index is 234. The van der Waals surface area contributed by atoms with Crippen LogP contribution in [0, 0.1) is 0 Å². The molecule has 4 nitrogen and oxygen atoms in total. The van der Waals surface area contributed by atoms with E-state index >= 15 is 0 Å². The smallest absolute Gasteiger partial charge is 0.163 e. The number of carbonyl (C=O) groups is 1. The second-order valence-corrected chi connectivity index (χ2v) is 2.67. The number of hydrogen-bond acceptors (Lipinski definition) is 4. The van der Waals surface area contributed by atoms with Gasteiger partial charge >= 0.3 is 0 Å². The maximum Gasteiger partial charge on any atom is 0.163 e. The van der Waals surface area contributed by atoms with Crippen LogP contribution in [0.25, 0.3) is 0 Å². The van der Waals surface area contributed by atoms with Crippen molar-refractivity contribution in [1.29, 1.82) is 0 Å². The van der Waals surface area contributed by atoms with Gasteiger partial charge in [0.1, 0.15) is 6.17 Å². The molecule has 0 N–H and O–H groups in total. The highest BCUT2D eigenvalue weighted by molar-refractivity contribution is 6.28. The van der Waals surface area contributed by atoms with Crippen LogP contribution in [-0.4, -0.2) is 35.9 Å². The van der Waals surface area contributed by atoms with Crippen molar-refractivity contribution in [2.45, 2.75) is 19.0 Å². The molecule has 0 aliphatic carbocycles. The number of carbonyl (C=O) groups excluding carboxylic acids is 1. The molecule has 0 aromatic rings. The molecular weight excluding hydrogens is 142 g/mol. The van der Waals surface area contributed by atoms with E-state index in [0.29, 0.717) is 5.71 Å². The third-order valence-corrected chi connectivity index (χ3v) is 1.94. The maximum atomic E-state index is 10.4. The van der Waals surface area contributed by atoms with Crippen molar-refractivity contribution in [3.05, 3.63) is 0 Å². The van der Waals surface area contributed by atoms with Gasteiger partial charge in [-0.25, -0.2) is 0 Å². The van der Waals surface area contributed by atoms with Crippen molar-refractivity contribution < 1.29 is 4.79 Å². The van der Waals surface area contributed by atoms with Crippen LogP contribution in [0.2, 0.25) is 0 Å². The summed E-state index contributed by atoms with van der Waals surface area (Å²) in [7, 11) is 0. The van der Waals surface area contributed by atoms with Gasteiger partial charge in [0.15, 0.2) is 6.29 Å². The van der Waals surface area contributed by atoms with E-state index in [9.17, 15) is 4.79 Å². The predicted octanol–water partition coefficient (Wildman–Crippen LogP) is 0.0476. The van der Waals surface area contributed by atoms with Crippen LogP contribution in [0.5, 0.6) is 0 Å². The molecule has 11 heavy (non-hydrogen) atoms. The van der Waals surface area contributed by atoms with Crippen LogP contribution < -0.4 is 0 Å². The number of nitrogens with zero attached hydrogens (tertiary/aromatic N) is 3. The Labute approximate surface area is 64.6 Å². The fourth-order valence-corrected chi connectivity index (χ4v) is 1.35. The number of hydrogen-bond donors (Lipinski definition) is 0. The first-order valence-corrected chi connectivity index (χ1v) is 3.71. The Morgan fingerprint density at radius 2 is 2.64 bits per heavy atom. The molecule has 0 spiro atoms. The van der Waals surface area contributed by atoms with Gasteiger partial charge in [-0.2, -0.15) is 5.10 Å². The quantitative estimate of drug-likeness (QED) is 0.497. The molecule has 1 unspecified atom stereocenters. The summed E-state index contributed by atoms with van der Waals surface area (Å²) < 4.78 is 0. The molecule has 0 saturated heterocycles. The Kier molecular flexibility index (Phi) is 1.45. The Morgan fingerprint density at radius 1 is 1.73 bits per heavy atom. The minimum Gasteiger partial charge on any atom is -0.297 e. The molecule has 2 heterocycles. The number of rotatable bonds is 1. The number of aldehydes is 1. The van der Waals surface area contributed by atoms with Crippen molar-refractivity contribution in [2.75, 3.05) is 6.54 Å². The first-order chi connectivity index (χ1) is 5.40. The summed E-state index contributed by atoms with van der Waals surface area (Å²) in [6.45, 7) is 0.832. The first kappa shape index (κ1) is 6.52. The van der Waals surface area contributed by atoms with Crippen molar-refractivity contribution >= 4 is 18.2 Å². The third-order valence-electron chi connectivity index (χ3n) is 1.94. The Morgan fingerprint density at radius 3 is 3.45 bits per heavy atom. The molecular formula is C7H9N3O. The second kappa shape index (κ2) is 2.45. The third kappa shape index (κ3) is 1.04. The Balaban J connectivity index is 2.17. The van der Waals surface area contributed by atoms with Crippen molar-refractivity contribution in [3.8, 4) is 0 Å². The molecule has 0 radical (unpaired) electrons. The van der Waals surface area contributed by atoms with E-state index in [0.717, 1.165) is 25.7 Å². The lowest BCUT2D eigenvalue weighted by molar-refractivity contribution is -0.102. The highest BCUT2D eigenvalue weighted by Crippen LogP contribution is 2.16. The van der Waals surface area contributed by atoms with Crippen molar-refractivity contribution in [2.24, 2.45) is 10.1 Å². The van der Waals surface area contributed by atoms with Crippen molar-refractivity contribution in [3.63, 3.8) is 0 Å². The zero-order valence-electron chi connectivity index (χ0n) is 6.10. The van der Waals surface area contributed by atoms with Gasteiger partial charge in [0.05, 0.1) is 5.71 Å². The minimum atomic E-state index is 0.115. The highest BCUT2D eigenvalue weighted by atomic mass is 16.1. The molecule has 0 aromatic carbocycles. The minimum absolute atomic E-state index is 0.115. The van der Waals surface area contributed by atoms with Gasteiger partial charge in [-0.15, -0.1) is 0 Å². The summed E-state index contributed by atoms with van der Waals surface area (Å²) in [5, 5.41) is 6.04. The van der Waals surface area contributed by atoms with Crippen LogP contribution in [0.15, 0.2) is 10.1 Å². The molecule has 4 heteroatoms. The fourth-order valence-electron chi connectivity index (χ4n) is 1.35. The van der Waals surface area contributed by atoms with Crippen LogP contribution in [0.4, 0.5) is 0 Å². The van der Waals surface area contributed by atoms with Crippen LogP contribution in [-0.2, 0) is 4.79 Å². The molecule has 0 bridgehead atoms. The lowest BCUT2D eigenvalue weighted by Crippen LogP contribution is -2.33. The van der Waals surface area contributed by atoms with Gasteiger partial charge in [0, 0.05) is 25.6 Å². The lowest BCUT2D eigenvalue weighted by atomic mass is 10.2. The summed E-state index contributed by atoms with van der Waals surface area (Å²) in [5.41, 5.74) is 0.678. The van der Waals surface area contributed by atoms with Crippen LogP contribution in [0.3, 0.4) is 0 Å². The summed E-state index contributed by atoms with van der Waals surface area (Å²) in [6, 6.07) is 0. The summed E-state index contributed by atoms with van der Waals surface area (Å²) in [6.07, 6.45) is 4.38. The molecule has 0 fully saturated rings. The number of fused-ring (bicyclic) bond motifs is 1. The van der Waals surface area contributed by atoms with E-state index in [4.69, 9.17) is 0 Å². The van der Waals surface area contributed by atoms with Gasteiger partial charge in [-0.05, 0) is 0 Å². The van der Waals surface area contributed by atoms with Crippen LogP contribution >= 0.6 is 0 Å². The zero-order chi connectivity index (χ0) is 7.68. The lowest BCUT2D eigenvalue weighted by Gasteiger charge is -2.24. The topological polar surface area (TPSA) is 45.0 Å². The average molecular weight is 151 g/mol. The molecule has 58 valence electrons. The molecule has 2 aliphatic rings. The summed E-state index contributed by atoms with van der Waals surface area (Å²) in [4.78, 5) is 14.6. The van der Waals surface area contributed by atoms with Crippen molar-refractivity contribution in [1.82, 2.24) is 5.01 Å². The molecule has 2 rings (SSSR count). The molecule has 1 atom stereocenters. The zero-order valence-corrected chi connectivity index (χ0v) is 6.10. The summed E-state index contributed by atoms with van der Waals surface area (Å²) in [5.74, 6) is 0. The van der Waals surface area contributed by atoms with E-state index in [2.05, 4.69) is 10.1 Å². The average Bonchev–Trinajstić information content (AvgIpc) is 2.50. The Hall–Kier alpha value is -1.19.